The summed E-state index contributed by atoms with van der Waals surface area (Å²) in [4.78, 5) is 5.53. The third kappa shape index (κ3) is 4.21. The molecule has 152 valence electrons. The van der Waals surface area contributed by atoms with Crippen molar-refractivity contribution in [1.29, 1.82) is 0 Å². The number of nitrogens with zero attached hydrogens (tertiary/aromatic N) is 3. The zero-order valence-electron chi connectivity index (χ0n) is 16.7. The van der Waals surface area contributed by atoms with Gasteiger partial charge in [0.05, 0.1) is 33.2 Å². The summed E-state index contributed by atoms with van der Waals surface area (Å²) < 4.78 is 18.3. The molecular weight excluding hydrogens is 398 g/mol. The standard InChI is InChI=1S/C23H21N3O3S/c1-27-21-11-6-10-18(22(21)28-2)15-25-26-19(20-12-7-13-29-20)16-30-23(26)24-14-17-8-4-3-5-9-17/h3-13,15-16H,14H2,1-2H3. The Morgan fingerprint density at radius 2 is 1.87 bits per heavy atom. The molecule has 0 amide bonds. The second-order valence-corrected chi connectivity index (χ2v) is 7.16. The van der Waals surface area contributed by atoms with Crippen LogP contribution < -0.4 is 14.3 Å². The van der Waals surface area contributed by atoms with Crippen molar-refractivity contribution in [2.24, 2.45) is 10.1 Å². The molecule has 0 atom stereocenters. The van der Waals surface area contributed by atoms with E-state index >= 15 is 0 Å². The Hall–Kier alpha value is -3.58. The molecule has 0 aliphatic carbocycles. The van der Waals surface area contributed by atoms with Crippen molar-refractivity contribution in [1.82, 2.24) is 4.68 Å². The van der Waals surface area contributed by atoms with Crippen molar-refractivity contribution < 1.29 is 13.9 Å². The summed E-state index contributed by atoms with van der Waals surface area (Å²) in [6, 6.07) is 19.6. The Morgan fingerprint density at radius 1 is 1.00 bits per heavy atom. The summed E-state index contributed by atoms with van der Waals surface area (Å²) in [7, 11) is 3.23. The van der Waals surface area contributed by atoms with Crippen LogP contribution in [0.15, 0.2) is 86.8 Å². The number of aromatic nitrogens is 1. The molecule has 0 saturated carbocycles. The third-order valence-corrected chi connectivity index (χ3v) is 5.30. The number of ether oxygens (including phenoxy) is 2. The van der Waals surface area contributed by atoms with Crippen LogP contribution in [0.5, 0.6) is 11.5 Å². The molecule has 0 aliphatic heterocycles. The molecule has 2 heterocycles. The first-order chi connectivity index (χ1) is 14.8. The van der Waals surface area contributed by atoms with Crippen molar-refractivity contribution in [2.75, 3.05) is 14.2 Å². The highest BCUT2D eigenvalue weighted by atomic mass is 32.1. The third-order valence-electron chi connectivity index (χ3n) is 4.44. The van der Waals surface area contributed by atoms with E-state index in [1.165, 1.54) is 11.3 Å². The number of methoxy groups -OCH3 is 2. The Bertz CT molecular complexity index is 1190. The number of thiazole rings is 1. The monoisotopic (exact) mass is 419 g/mol. The van der Waals surface area contributed by atoms with Crippen molar-refractivity contribution >= 4 is 17.6 Å². The van der Waals surface area contributed by atoms with Gasteiger partial charge in [-0.25, -0.2) is 4.68 Å². The lowest BCUT2D eigenvalue weighted by molar-refractivity contribution is 0.354. The highest BCUT2D eigenvalue weighted by Gasteiger charge is 2.11. The molecular formula is C23H21N3O3S. The van der Waals surface area contributed by atoms with Gasteiger partial charge in [-0.15, -0.1) is 11.3 Å². The molecule has 30 heavy (non-hydrogen) atoms. The highest BCUT2D eigenvalue weighted by molar-refractivity contribution is 7.07. The molecule has 0 aliphatic rings. The van der Waals surface area contributed by atoms with Crippen LogP contribution in [0.1, 0.15) is 11.1 Å². The summed E-state index contributed by atoms with van der Waals surface area (Å²) >= 11 is 1.51. The van der Waals surface area contributed by atoms with Crippen LogP contribution in [0.4, 0.5) is 0 Å². The summed E-state index contributed by atoms with van der Waals surface area (Å²) in [6.45, 7) is 0.566. The number of benzene rings is 2. The van der Waals surface area contributed by atoms with Crippen LogP contribution in [0.3, 0.4) is 0 Å². The number of hydrogen-bond donors (Lipinski definition) is 0. The number of para-hydroxylation sites is 1. The molecule has 0 radical (unpaired) electrons. The van der Waals surface area contributed by atoms with E-state index in [1.807, 2.05) is 53.9 Å². The molecule has 4 aromatic rings. The largest absolute Gasteiger partial charge is 0.493 e. The van der Waals surface area contributed by atoms with Crippen molar-refractivity contribution in [3.05, 3.63) is 88.2 Å². The van der Waals surface area contributed by atoms with E-state index in [9.17, 15) is 0 Å². The molecule has 0 bridgehead atoms. The molecule has 0 fully saturated rings. The molecule has 0 saturated heterocycles. The Balaban J connectivity index is 1.76. The van der Waals surface area contributed by atoms with Gasteiger partial charge in [0.2, 0.25) is 4.80 Å². The summed E-state index contributed by atoms with van der Waals surface area (Å²) in [6.07, 6.45) is 3.38. The first-order valence-corrected chi connectivity index (χ1v) is 10.2. The highest BCUT2D eigenvalue weighted by Crippen LogP contribution is 2.29. The predicted octanol–water partition coefficient (Wildman–Crippen LogP) is 4.81. The van der Waals surface area contributed by atoms with Gasteiger partial charge in [-0.1, -0.05) is 36.4 Å². The summed E-state index contributed by atoms with van der Waals surface area (Å²) in [5.74, 6) is 2.00. The zero-order valence-corrected chi connectivity index (χ0v) is 17.5. The fourth-order valence-corrected chi connectivity index (χ4v) is 3.81. The molecule has 0 unspecified atom stereocenters. The summed E-state index contributed by atoms with van der Waals surface area (Å²) in [5, 5.41) is 6.69. The van der Waals surface area contributed by atoms with Gasteiger partial charge in [-0.2, -0.15) is 5.10 Å². The number of furan rings is 1. The van der Waals surface area contributed by atoms with E-state index < -0.39 is 0 Å². The smallest absolute Gasteiger partial charge is 0.206 e. The SMILES string of the molecule is COc1cccc(C=Nn2c(-c3ccco3)csc2=NCc2ccccc2)c1OC. The van der Waals surface area contributed by atoms with E-state index in [0.29, 0.717) is 18.0 Å². The van der Waals surface area contributed by atoms with Gasteiger partial charge in [0.1, 0.15) is 5.69 Å². The second-order valence-electron chi connectivity index (χ2n) is 6.32. The number of hydrogen-bond acceptors (Lipinski definition) is 6. The van der Waals surface area contributed by atoms with Gasteiger partial charge in [0.25, 0.3) is 0 Å². The van der Waals surface area contributed by atoms with E-state index in [4.69, 9.17) is 24.0 Å². The molecule has 2 aromatic heterocycles. The van der Waals surface area contributed by atoms with Crippen LogP contribution in [-0.2, 0) is 6.54 Å². The van der Waals surface area contributed by atoms with Gasteiger partial charge in [-0.05, 0) is 29.8 Å². The summed E-state index contributed by atoms with van der Waals surface area (Å²) in [5.41, 5.74) is 2.76. The lowest BCUT2D eigenvalue weighted by atomic mass is 10.2. The molecule has 0 spiro atoms. The molecule has 6 nitrogen and oxygen atoms in total. The maximum atomic E-state index is 5.60. The fourth-order valence-electron chi connectivity index (χ4n) is 2.99. The van der Waals surface area contributed by atoms with Crippen molar-refractivity contribution in [3.63, 3.8) is 0 Å². The van der Waals surface area contributed by atoms with Gasteiger partial charge in [-0.3, -0.25) is 4.99 Å². The minimum atomic E-state index is 0.566. The number of rotatable bonds is 7. The van der Waals surface area contributed by atoms with Gasteiger partial charge >= 0.3 is 0 Å². The van der Waals surface area contributed by atoms with Crippen LogP contribution in [0.25, 0.3) is 11.5 Å². The fraction of sp³-hybridized carbons (Fsp3) is 0.130. The zero-order chi connectivity index (χ0) is 20.8. The van der Waals surface area contributed by atoms with E-state index in [2.05, 4.69) is 12.1 Å². The lowest BCUT2D eigenvalue weighted by Crippen LogP contribution is -2.12. The Kier molecular flexibility index (Phi) is 6.10. The topological polar surface area (TPSA) is 61.2 Å². The first kappa shape index (κ1) is 19.7. The Labute approximate surface area is 178 Å². The Morgan fingerprint density at radius 3 is 2.60 bits per heavy atom. The minimum absolute atomic E-state index is 0.566. The maximum absolute atomic E-state index is 5.60. The van der Waals surface area contributed by atoms with Crippen molar-refractivity contribution in [3.8, 4) is 23.0 Å². The normalized spacial score (nSPS) is 11.9. The van der Waals surface area contributed by atoms with E-state index in [1.54, 1.807) is 31.4 Å². The lowest BCUT2D eigenvalue weighted by Gasteiger charge is -2.09. The van der Waals surface area contributed by atoms with E-state index in [0.717, 1.165) is 27.4 Å². The van der Waals surface area contributed by atoms with Crippen LogP contribution in [0, 0.1) is 0 Å². The van der Waals surface area contributed by atoms with Crippen LogP contribution in [0.2, 0.25) is 0 Å². The molecule has 2 aromatic carbocycles. The van der Waals surface area contributed by atoms with Crippen LogP contribution in [-0.4, -0.2) is 25.1 Å². The molecule has 7 heteroatoms. The first-order valence-electron chi connectivity index (χ1n) is 9.34. The van der Waals surface area contributed by atoms with Crippen LogP contribution >= 0.6 is 11.3 Å². The molecule has 4 rings (SSSR count). The van der Waals surface area contributed by atoms with Gasteiger partial charge in [0.15, 0.2) is 17.3 Å². The van der Waals surface area contributed by atoms with Gasteiger partial charge in [0, 0.05) is 10.9 Å². The van der Waals surface area contributed by atoms with Crippen molar-refractivity contribution in [2.45, 2.75) is 6.54 Å². The predicted molar refractivity (Wildman–Crippen MR) is 118 cm³/mol. The minimum Gasteiger partial charge on any atom is -0.493 e. The van der Waals surface area contributed by atoms with E-state index in [-0.39, 0.29) is 0 Å². The maximum Gasteiger partial charge on any atom is 0.206 e. The average molecular weight is 420 g/mol. The van der Waals surface area contributed by atoms with Gasteiger partial charge < -0.3 is 13.9 Å². The second kappa shape index (κ2) is 9.28. The average Bonchev–Trinajstić information content (AvgIpc) is 3.46. The quantitative estimate of drug-likeness (QED) is 0.404. The molecule has 0 N–H and O–H groups in total.